The second-order valence-electron chi connectivity index (χ2n) is 7.48. The lowest BCUT2D eigenvalue weighted by Gasteiger charge is -2.32. The Labute approximate surface area is 143 Å². The van der Waals surface area contributed by atoms with Crippen molar-refractivity contribution in [3.05, 3.63) is 23.5 Å². The highest BCUT2D eigenvalue weighted by molar-refractivity contribution is 5.87. The molecule has 1 aromatic rings. The van der Waals surface area contributed by atoms with Gasteiger partial charge in [-0.05, 0) is 36.8 Å². The highest BCUT2D eigenvalue weighted by Gasteiger charge is 2.59. The zero-order valence-corrected chi connectivity index (χ0v) is 13.8. The zero-order chi connectivity index (χ0) is 18.0. The van der Waals surface area contributed by atoms with E-state index < -0.39 is 11.8 Å². The van der Waals surface area contributed by atoms with Gasteiger partial charge in [-0.3, -0.25) is 9.78 Å². The van der Waals surface area contributed by atoms with Crippen LogP contribution < -0.4 is 10.5 Å². The molecule has 1 aliphatic carbocycles. The van der Waals surface area contributed by atoms with Crippen molar-refractivity contribution in [3.63, 3.8) is 0 Å². The maximum atomic E-state index is 13.1. The van der Waals surface area contributed by atoms with Crippen molar-refractivity contribution in [2.24, 2.45) is 17.1 Å². The number of hydrogen-bond acceptors (Lipinski definition) is 4. The van der Waals surface area contributed by atoms with Gasteiger partial charge in [0.15, 0.2) is 0 Å². The number of carbonyl (C=O) groups is 1. The van der Waals surface area contributed by atoms with E-state index in [0.717, 1.165) is 24.7 Å². The quantitative estimate of drug-likeness (QED) is 0.840. The molecule has 1 saturated carbocycles. The molecule has 136 valence electrons. The first-order valence-electron chi connectivity index (χ1n) is 8.50. The number of carbonyl (C=O) groups excluding carboxylic acids is 1. The number of halogens is 3. The number of hydrogen-bond donors (Lipinski definition) is 1. The van der Waals surface area contributed by atoms with Gasteiger partial charge >= 0.3 is 6.36 Å². The minimum absolute atomic E-state index is 0.0344. The lowest BCUT2D eigenvalue weighted by atomic mass is 9.73. The van der Waals surface area contributed by atoms with Crippen LogP contribution >= 0.6 is 0 Å². The van der Waals surface area contributed by atoms with Crippen LogP contribution in [-0.4, -0.2) is 34.2 Å². The van der Waals surface area contributed by atoms with Crippen LogP contribution in [0.2, 0.25) is 0 Å². The fourth-order valence-electron chi connectivity index (χ4n) is 4.88. The standard InChI is InChI=1S/C17H20F3N3O2/c1-9-14-5-13-10(4-12(7-22-13)25-17(18,19)20)8-23(14)15(24)16(9)3-2-11(21)6-16/h4,7,9,11,14H,2-3,5-6,8,21H2,1H3/t9?,11-,14?,16+/m1/s1. The van der Waals surface area contributed by atoms with Crippen molar-refractivity contribution in [3.8, 4) is 5.75 Å². The summed E-state index contributed by atoms with van der Waals surface area (Å²) in [5, 5.41) is 0. The number of ether oxygens (including phenoxy) is 1. The Morgan fingerprint density at radius 2 is 2.20 bits per heavy atom. The van der Waals surface area contributed by atoms with Gasteiger partial charge in [0, 0.05) is 30.7 Å². The van der Waals surface area contributed by atoms with E-state index in [0.29, 0.717) is 18.4 Å². The maximum absolute atomic E-state index is 13.1. The van der Waals surface area contributed by atoms with E-state index in [1.54, 1.807) is 0 Å². The van der Waals surface area contributed by atoms with Gasteiger partial charge in [0.1, 0.15) is 5.75 Å². The summed E-state index contributed by atoms with van der Waals surface area (Å²) in [5.41, 5.74) is 7.01. The molecule has 2 aliphatic heterocycles. The third-order valence-electron chi connectivity index (χ3n) is 6.14. The Morgan fingerprint density at radius 3 is 2.84 bits per heavy atom. The average molecular weight is 355 g/mol. The molecule has 1 aromatic heterocycles. The second kappa shape index (κ2) is 5.33. The monoisotopic (exact) mass is 355 g/mol. The summed E-state index contributed by atoms with van der Waals surface area (Å²) in [5.74, 6) is -0.0951. The van der Waals surface area contributed by atoms with Crippen LogP contribution in [0, 0.1) is 11.3 Å². The number of alkyl halides is 3. The molecular weight excluding hydrogens is 335 g/mol. The average Bonchev–Trinajstić information content (AvgIpc) is 3.01. The van der Waals surface area contributed by atoms with E-state index >= 15 is 0 Å². The smallest absolute Gasteiger partial charge is 0.404 e. The minimum atomic E-state index is -4.75. The van der Waals surface area contributed by atoms with Gasteiger partial charge in [0.25, 0.3) is 0 Å². The Morgan fingerprint density at radius 1 is 1.44 bits per heavy atom. The summed E-state index contributed by atoms with van der Waals surface area (Å²) in [4.78, 5) is 19.1. The number of amides is 1. The van der Waals surface area contributed by atoms with E-state index in [1.807, 2.05) is 4.90 Å². The minimum Gasteiger partial charge on any atom is -0.404 e. The van der Waals surface area contributed by atoms with Crippen LogP contribution in [0.4, 0.5) is 13.2 Å². The third kappa shape index (κ3) is 2.58. The second-order valence-corrected chi connectivity index (χ2v) is 7.48. The molecule has 1 amide bonds. The summed E-state index contributed by atoms with van der Waals surface area (Å²) < 4.78 is 41.2. The van der Waals surface area contributed by atoms with Crippen LogP contribution in [0.5, 0.6) is 5.75 Å². The Balaban J connectivity index is 1.63. The number of rotatable bonds is 1. The molecule has 0 aromatic carbocycles. The number of nitrogens with zero attached hydrogens (tertiary/aromatic N) is 2. The number of pyridine rings is 1. The first-order chi connectivity index (χ1) is 11.7. The van der Waals surface area contributed by atoms with Crippen LogP contribution in [0.1, 0.15) is 37.4 Å². The predicted molar refractivity (Wildman–Crippen MR) is 82.4 cm³/mol. The Hall–Kier alpha value is -1.83. The van der Waals surface area contributed by atoms with Gasteiger partial charge in [-0.25, -0.2) is 0 Å². The SMILES string of the molecule is CC1C2Cc3ncc(OC(F)(F)F)cc3CN2C(=O)[C@]12CC[C@@H](N)C2. The van der Waals surface area contributed by atoms with Gasteiger partial charge in [0.05, 0.1) is 11.6 Å². The van der Waals surface area contributed by atoms with Crippen molar-refractivity contribution in [2.75, 3.05) is 0 Å². The van der Waals surface area contributed by atoms with Crippen molar-refractivity contribution in [1.29, 1.82) is 0 Å². The summed E-state index contributed by atoms with van der Waals surface area (Å²) in [6.07, 6.45) is -0.781. The van der Waals surface area contributed by atoms with E-state index in [4.69, 9.17) is 5.73 Å². The van der Waals surface area contributed by atoms with Crippen LogP contribution in [-0.2, 0) is 17.8 Å². The predicted octanol–water partition coefficient (Wildman–Crippen LogP) is 2.38. The van der Waals surface area contributed by atoms with E-state index in [-0.39, 0.29) is 36.2 Å². The van der Waals surface area contributed by atoms with Gasteiger partial charge in [-0.2, -0.15) is 0 Å². The number of fused-ring (bicyclic) bond motifs is 2. The van der Waals surface area contributed by atoms with Crippen LogP contribution in [0.15, 0.2) is 12.3 Å². The van der Waals surface area contributed by atoms with Gasteiger partial charge in [0.2, 0.25) is 5.91 Å². The molecule has 8 heteroatoms. The molecule has 1 saturated heterocycles. The molecule has 3 heterocycles. The topological polar surface area (TPSA) is 68.5 Å². The molecule has 4 atom stereocenters. The molecule has 4 rings (SSSR count). The molecule has 2 N–H and O–H groups in total. The molecular formula is C17H20F3N3O2. The van der Waals surface area contributed by atoms with E-state index in [9.17, 15) is 18.0 Å². The number of nitrogens with two attached hydrogens (primary N) is 1. The molecule has 2 fully saturated rings. The first kappa shape index (κ1) is 16.6. The van der Waals surface area contributed by atoms with E-state index in [1.165, 1.54) is 6.07 Å². The lowest BCUT2D eigenvalue weighted by Crippen LogP contribution is -2.40. The van der Waals surface area contributed by atoms with Gasteiger partial charge < -0.3 is 15.4 Å². The third-order valence-corrected chi connectivity index (χ3v) is 6.14. The fraction of sp³-hybridized carbons (Fsp3) is 0.647. The summed E-state index contributed by atoms with van der Waals surface area (Å²) in [6.45, 7) is 2.37. The fourth-order valence-corrected chi connectivity index (χ4v) is 4.88. The molecule has 1 spiro atoms. The highest BCUT2D eigenvalue weighted by Crippen LogP contribution is 2.54. The Kier molecular flexibility index (Phi) is 3.55. The zero-order valence-electron chi connectivity index (χ0n) is 13.8. The highest BCUT2D eigenvalue weighted by atomic mass is 19.4. The molecule has 25 heavy (non-hydrogen) atoms. The van der Waals surface area contributed by atoms with Gasteiger partial charge in [-0.15, -0.1) is 13.2 Å². The van der Waals surface area contributed by atoms with Crippen LogP contribution in [0.3, 0.4) is 0 Å². The molecule has 2 unspecified atom stereocenters. The van der Waals surface area contributed by atoms with Crippen molar-refractivity contribution in [1.82, 2.24) is 9.88 Å². The summed E-state index contributed by atoms with van der Waals surface area (Å²) in [7, 11) is 0. The first-order valence-corrected chi connectivity index (χ1v) is 8.50. The van der Waals surface area contributed by atoms with Crippen LogP contribution in [0.25, 0.3) is 0 Å². The van der Waals surface area contributed by atoms with Gasteiger partial charge in [-0.1, -0.05) is 6.92 Å². The van der Waals surface area contributed by atoms with Crippen molar-refractivity contribution < 1.29 is 22.7 Å². The lowest BCUT2D eigenvalue weighted by molar-refractivity contribution is -0.274. The van der Waals surface area contributed by atoms with Crippen molar-refractivity contribution in [2.45, 2.75) is 57.6 Å². The number of aromatic nitrogens is 1. The molecule has 5 nitrogen and oxygen atoms in total. The molecule has 3 aliphatic rings. The largest absolute Gasteiger partial charge is 0.573 e. The summed E-state index contributed by atoms with van der Waals surface area (Å²) in [6, 6.07) is 1.42. The normalized spacial score (nSPS) is 34.4. The molecule has 0 bridgehead atoms. The summed E-state index contributed by atoms with van der Waals surface area (Å²) >= 11 is 0. The van der Waals surface area contributed by atoms with E-state index in [2.05, 4.69) is 16.6 Å². The molecule has 0 radical (unpaired) electrons. The Bertz CT molecular complexity index is 724. The maximum Gasteiger partial charge on any atom is 0.573 e. The van der Waals surface area contributed by atoms with Crippen molar-refractivity contribution >= 4 is 5.91 Å².